The van der Waals surface area contributed by atoms with E-state index in [0.29, 0.717) is 12.5 Å². The van der Waals surface area contributed by atoms with Crippen molar-refractivity contribution in [2.24, 2.45) is 0 Å². The van der Waals surface area contributed by atoms with E-state index in [-0.39, 0.29) is 5.91 Å². The number of amides is 1. The lowest BCUT2D eigenvalue weighted by Crippen LogP contribution is -2.40. The molecule has 1 saturated heterocycles. The SMILES string of the molecule is Cc1cccc(CC(=O)N2CCC(n3c(CCc4ccccc4)nc4cccnc43)CC2)c1. The van der Waals surface area contributed by atoms with Crippen LogP contribution in [0.15, 0.2) is 72.9 Å². The van der Waals surface area contributed by atoms with E-state index in [0.717, 1.165) is 61.3 Å². The molecule has 1 aliphatic heterocycles. The number of fused-ring (bicyclic) bond motifs is 1. The molecular weight excluding hydrogens is 408 g/mol. The number of rotatable bonds is 6. The smallest absolute Gasteiger partial charge is 0.226 e. The molecular formula is C28H30N4O. The summed E-state index contributed by atoms with van der Waals surface area (Å²) in [5.41, 5.74) is 5.53. The van der Waals surface area contributed by atoms with Gasteiger partial charge in [-0.05, 0) is 49.4 Å². The second-order valence-corrected chi connectivity index (χ2v) is 9.01. The Morgan fingerprint density at radius 2 is 1.73 bits per heavy atom. The van der Waals surface area contributed by atoms with Gasteiger partial charge in [-0.2, -0.15) is 0 Å². The van der Waals surface area contributed by atoms with E-state index in [4.69, 9.17) is 4.98 Å². The molecule has 0 radical (unpaired) electrons. The Labute approximate surface area is 195 Å². The minimum absolute atomic E-state index is 0.219. The van der Waals surface area contributed by atoms with Crippen LogP contribution in [0.3, 0.4) is 0 Å². The van der Waals surface area contributed by atoms with Gasteiger partial charge < -0.3 is 9.47 Å². The second kappa shape index (κ2) is 9.57. The van der Waals surface area contributed by atoms with Crippen molar-refractivity contribution in [3.8, 4) is 0 Å². The van der Waals surface area contributed by atoms with E-state index in [1.165, 1.54) is 11.1 Å². The third-order valence-corrected chi connectivity index (χ3v) is 6.62. The molecule has 0 spiro atoms. The van der Waals surface area contributed by atoms with Gasteiger partial charge in [0.25, 0.3) is 0 Å². The van der Waals surface area contributed by atoms with Crippen LogP contribution in [0.2, 0.25) is 0 Å². The number of aryl methyl sites for hydroxylation is 3. The standard InChI is InChI=1S/C28H30N4O/c1-21-7-5-10-23(19-21)20-27(33)31-17-14-24(15-18-31)32-26(13-12-22-8-3-2-4-9-22)30-25-11-6-16-29-28(25)32/h2-11,16,19,24H,12-15,17-18,20H2,1H3. The van der Waals surface area contributed by atoms with Crippen molar-refractivity contribution in [2.45, 2.75) is 45.1 Å². The van der Waals surface area contributed by atoms with Crippen LogP contribution in [0.4, 0.5) is 0 Å². The normalized spacial score (nSPS) is 14.6. The van der Waals surface area contributed by atoms with Crippen LogP contribution in [0.1, 0.15) is 41.4 Å². The first-order chi connectivity index (χ1) is 16.2. The monoisotopic (exact) mass is 438 g/mol. The maximum Gasteiger partial charge on any atom is 0.226 e. The molecule has 5 rings (SSSR count). The highest BCUT2D eigenvalue weighted by atomic mass is 16.2. The Balaban J connectivity index is 1.30. The van der Waals surface area contributed by atoms with Gasteiger partial charge in [-0.3, -0.25) is 4.79 Å². The van der Waals surface area contributed by atoms with Crippen molar-refractivity contribution in [3.05, 3.63) is 95.4 Å². The largest absolute Gasteiger partial charge is 0.342 e. The van der Waals surface area contributed by atoms with Crippen LogP contribution in [0.5, 0.6) is 0 Å². The highest BCUT2D eigenvalue weighted by Gasteiger charge is 2.27. The molecule has 1 fully saturated rings. The summed E-state index contributed by atoms with van der Waals surface area (Å²) in [7, 11) is 0. The van der Waals surface area contributed by atoms with Gasteiger partial charge in [-0.1, -0.05) is 60.2 Å². The zero-order valence-corrected chi connectivity index (χ0v) is 19.2. The molecule has 0 aliphatic carbocycles. The second-order valence-electron chi connectivity index (χ2n) is 9.01. The fourth-order valence-corrected chi connectivity index (χ4v) is 4.92. The van der Waals surface area contributed by atoms with Crippen LogP contribution in [0.25, 0.3) is 11.2 Å². The van der Waals surface area contributed by atoms with Crippen molar-refractivity contribution in [2.75, 3.05) is 13.1 Å². The Bertz CT molecular complexity index is 1240. The third kappa shape index (κ3) is 4.82. The average molecular weight is 439 g/mol. The zero-order chi connectivity index (χ0) is 22.6. The zero-order valence-electron chi connectivity index (χ0n) is 19.2. The molecule has 0 atom stereocenters. The topological polar surface area (TPSA) is 51.0 Å². The van der Waals surface area contributed by atoms with Gasteiger partial charge in [0.1, 0.15) is 11.3 Å². The summed E-state index contributed by atoms with van der Waals surface area (Å²) in [4.78, 5) is 24.5. The predicted molar refractivity (Wildman–Crippen MR) is 131 cm³/mol. The number of hydrogen-bond donors (Lipinski definition) is 0. The Kier molecular flexibility index (Phi) is 6.20. The lowest BCUT2D eigenvalue weighted by atomic mass is 10.0. The molecule has 0 unspecified atom stereocenters. The molecule has 1 amide bonds. The molecule has 5 heteroatoms. The molecule has 0 saturated carbocycles. The van der Waals surface area contributed by atoms with Gasteiger partial charge in [0.2, 0.25) is 5.91 Å². The van der Waals surface area contributed by atoms with Crippen LogP contribution in [-0.4, -0.2) is 38.4 Å². The number of imidazole rings is 1. The van der Waals surface area contributed by atoms with Crippen LogP contribution in [-0.2, 0) is 24.1 Å². The number of pyridine rings is 1. The summed E-state index contributed by atoms with van der Waals surface area (Å²) >= 11 is 0. The lowest BCUT2D eigenvalue weighted by molar-refractivity contribution is -0.131. The van der Waals surface area contributed by atoms with Crippen molar-refractivity contribution in [3.63, 3.8) is 0 Å². The molecule has 5 nitrogen and oxygen atoms in total. The molecule has 168 valence electrons. The van der Waals surface area contributed by atoms with Gasteiger partial charge in [-0.25, -0.2) is 9.97 Å². The first kappa shape index (κ1) is 21.4. The van der Waals surface area contributed by atoms with Crippen LogP contribution < -0.4 is 0 Å². The van der Waals surface area contributed by atoms with E-state index >= 15 is 0 Å². The summed E-state index contributed by atoms with van der Waals surface area (Å²) in [5, 5.41) is 0. The van der Waals surface area contributed by atoms with E-state index < -0.39 is 0 Å². The van der Waals surface area contributed by atoms with Crippen LogP contribution in [0, 0.1) is 6.92 Å². The summed E-state index contributed by atoms with van der Waals surface area (Å²) in [5.74, 6) is 1.31. The number of aromatic nitrogens is 3. The van der Waals surface area contributed by atoms with Crippen molar-refractivity contribution in [1.82, 2.24) is 19.4 Å². The maximum atomic E-state index is 12.9. The van der Waals surface area contributed by atoms with E-state index in [2.05, 4.69) is 58.9 Å². The number of carbonyl (C=O) groups is 1. The fraction of sp³-hybridized carbons (Fsp3) is 0.321. The summed E-state index contributed by atoms with van der Waals surface area (Å²) < 4.78 is 2.35. The number of piperidine rings is 1. The number of carbonyl (C=O) groups excluding carboxylic acids is 1. The van der Waals surface area contributed by atoms with Gasteiger partial charge in [0.15, 0.2) is 5.65 Å². The molecule has 0 N–H and O–H groups in total. The quantitative estimate of drug-likeness (QED) is 0.429. The number of benzene rings is 2. The molecule has 33 heavy (non-hydrogen) atoms. The number of nitrogens with zero attached hydrogens (tertiary/aromatic N) is 4. The van der Waals surface area contributed by atoms with Crippen molar-refractivity contribution >= 4 is 17.1 Å². The van der Waals surface area contributed by atoms with E-state index in [9.17, 15) is 4.79 Å². The Hall–Kier alpha value is -3.47. The van der Waals surface area contributed by atoms with Gasteiger partial charge >= 0.3 is 0 Å². The number of likely N-dealkylation sites (tertiary alicyclic amines) is 1. The molecule has 3 heterocycles. The fourth-order valence-electron chi connectivity index (χ4n) is 4.92. The summed E-state index contributed by atoms with van der Waals surface area (Å²) in [6, 6.07) is 23.1. The molecule has 2 aromatic heterocycles. The van der Waals surface area contributed by atoms with E-state index in [1.807, 2.05) is 35.4 Å². The van der Waals surface area contributed by atoms with Crippen molar-refractivity contribution < 1.29 is 4.79 Å². The van der Waals surface area contributed by atoms with E-state index in [1.54, 1.807) is 0 Å². The number of hydrogen-bond acceptors (Lipinski definition) is 3. The average Bonchev–Trinajstić information content (AvgIpc) is 3.22. The molecule has 2 aromatic carbocycles. The minimum atomic E-state index is 0.219. The summed E-state index contributed by atoms with van der Waals surface area (Å²) in [6.07, 6.45) is 6.02. The first-order valence-electron chi connectivity index (χ1n) is 11.9. The van der Waals surface area contributed by atoms with Crippen molar-refractivity contribution in [1.29, 1.82) is 0 Å². The van der Waals surface area contributed by atoms with Gasteiger partial charge in [0, 0.05) is 31.7 Å². The molecule has 1 aliphatic rings. The Morgan fingerprint density at radius 1 is 0.939 bits per heavy atom. The molecule has 4 aromatic rings. The van der Waals surface area contributed by atoms with Gasteiger partial charge in [-0.15, -0.1) is 0 Å². The Morgan fingerprint density at radius 3 is 2.52 bits per heavy atom. The molecule has 0 bridgehead atoms. The highest BCUT2D eigenvalue weighted by Crippen LogP contribution is 2.29. The van der Waals surface area contributed by atoms with Gasteiger partial charge in [0.05, 0.1) is 6.42 Å². The summed E-state index contributed by atoms with van der Waals surface area (Å²) in [6.45, 7) is 3.62. The highest BCUT2D eigenvalue weighted by molar-refractivity contribution is 5.79. The first-order valence-corrected chi connectivity index (χ1v) is 11.9. The minimum Gasteiger partial charge on any atom is -0.342 e. The van der Waals surface area contributed by atoms with Crippen LogP contribution >= 0.6 is 0 Å². The lowest BCUT2D eigenvalue weighted by Gasteiger charge is -2.33. The third-order valence-electron chi connectivity index (χ3n) is 6.62. The maximum absolute atomic E-state index is 12.9. The predicted octanol–water partition coefficient (Wildman–Crippen LogP) is 4.93.